The second kappa shape index (κ2) is 8.12. The zero-order chi connectivity index (χ0) is 19.4. The van der Waals surface area contributed by atoms with E-state index in [1.165, 1.54) is 0 Å². The summed E-state index contributed by atoms with van der Waals surface area (Å²) in [4.78, 5) is 26.3. The number of rotatable bonds is 6. The molecule has 142 valence electrons. The van der Waals surface area contributed by atoms with Gasteiger partial charge in [-0.2, -0.15) is 0 Å². The first-order valence-corrected chi connectivity index (χ1v) is 9.04. The number of methoxy groups -OCH3 is 1. The lowest BCUT2D eigenvalue weighted by molar-refractivity contribution is -0.117. The summed E-state index contributed by atoms with van der Waals surface area (Å²) >= 11 is 0. The molecular formula is C21H24N2O4. The van der Waals surface area contributed by atoms with Crippen LogP contribution < -0.4 is 19.7 Å². The Morgan fingerprint density at radius 2 is 1.96 bits per heavy atom. The Kier molecular flexibility index (Phi) is 5.64. The molecule has 0 spiro atoms. The van der Waals surface area contributed by atoms with E-state index in [2.05, 4.69) is 5.32 Å². The molecule has 6 heteroatoms. The lowest BCUT2D eigenvalue weighted by Crippen LogP contribution is -2.23. The van der Waals surface area contributed by atoms with Crippen molar-refractivity contribution in [2.24, 2.45) is 0 Å². The maximum atomic E-state index is 12.6. The minimum atomic E-state index is -0.255. The molecule has 0 atom stereocenters. The molecule has 0 radical (unpaired) electrons. The minimum absolute atomic E-state index is 0.00890. The Bertz CT molecular complexity index is 848. The number of nitrogens with zero attached hydrogens (tertiary/aromatic N) is 1. The Morgan fingerprint density at radius 3 is 2.63 bits per heavy atom. The van der Waals surface area contributed by atoms with E-state index in [9.17, 15) is 9.59 Å². The van der Waals surface area contributed by atoms with Crippen molar-refractivity contribution in [3.63, 3.8) is 0 Å². The van der Waals surface area contributed by atoms with Crippen LogP contribution in [0.5, 0.6) is 11.5 Å². The second-order valence-electron chi connectivity index (χ2n) is 6.69. The van der Waals surface area contributed by atoms with Crippen LogP contribution in [0.4, 0.5) is 11.4 Å². The van der Waals surface area contributed by atoms with E-state index < -0.39 is 0 Å². The van der Waals surface area contributed by atoms with Crippen LogP contribution >= 0.6 is 0 Å². The minimum Gasteiger partial charge on any atom is -0.493 e. The van der Waals surface area contributed by atoms with Crippen LogP contribution in [-0.2, 0) is 4.79 Å². The fourth-order valence-corrected chi connectivity index (χ4v) is 3.04. The molecule has 0 aliphatic carbocycles. The first-order chi connectivity index (χ1) is 13.0. The molecule has 1 aliphatic rings. The molecule has 2 aromatic rings. The van der Waals surface area contributed by atoms with Crippen molar-refractivity contribution >= 4 is 23.2 Å². The Morgan fingerprint density at radius 1 is 1.15 bits per heavy atom. The summed E-state index contributed by atoms with van der Waals surface area (Å²) < 4.78 is 11.0. The van der Waals surface area contributed by atoms with Gasteiger partial charge >= 0.3 is 0 Å². The molecule has 0 bridgehead atoms. The molecule has 3 rings (SSSR count). The molecule has 1 aliphatic heterocycles. The molecule has 0 saturated carbocycles. The van der Waals surface area contributed by atoms with E-state index >= 15 is 0 Å². The summed E-state index contributed by atoms with van der Waals surface area (Å²) in [5.74, 6) is 0.963. The van der Waals surface area contributed by atoms with E-state index in [1.54, 1.807) is 36.3 Å². The van der Waals surface area contributed by atoms with Crippen LogP contribution in [-0.4, -0.2) is 31.6 Å². The number of hydrogen-bond donors (Lipinski definition) is 1. The molecule has 6 nitrogen and oxygen atoms in total. The van der Waals surface area contributed by atoms with Gasteiger partial charge in [-0.3, -0.25) is 9.59 Å². The van der Waals surface area contributed by atoms with E-state index in [0.717, 1.165) is 12.1 Å². The van der Waals surface area contributed by atoms with Crippen LogP contribution in [0, 0.1) is 0 Å². The highest BCUT2D eigenvalue weighted by Gasteiger charge is 2.22. The van der Waals surface area contributed by atoms with Crippen molar-refractivity contribution in [2.45, 2.75) is 32.8 Å². The third-order valence-electron chi connectivity index (χ3n) is 4.28. The fraction of sp³-hybridized carbons (Fsp3) is 0.333. The highest BCUT2D eigenvalue weighted by atomic mass is 16.5. The highest BCUT2D eigenvalue weighted by Crippen LogP contribution is 2.30. The maximum Gasteiger partial charge on any atom is 0.255 e. The number of amides is 2. The van der Waals surface area contributed by atoms with Gasteiger partial charge in [0.2, 0.25) is 5.91 Å². The Balaban J connectivity index is 1.76. The van der Waals surface area contributed by atoms with Gasteiger partial charge in [0.25, 0.3) is 5.91 Å². The van der Waals surface area contributed by atoms with Gasteiger partial charge in [-0.15, -0.1) is 0 Å². The van der Waals surface area contributed by atoms with Gasteiger partial charge < -0.3 is 19.7 Å². The number of anilines is 2. The summed E-state index contributed by atoms with van der Waals surface area (Å²) in [5, 5.41) is 2.88. The second-order valence-corrected chi connectivity index (χ2v) is 6.69. The lowest BCUT2D eigenvalue weighted by atomic mass is 10.1. The molecule has 2 amide bonds. The summed E-state index contributed by atoms with van der Waals surface area (Å²) in [7, 11) is 1.54. The first-order valence-electron chi connectivity index (χ1n) is 9.04. The monoisotopic (exact) mass is 368 g/mol. The van der Waals surface area contributed by atoms with Crippen molar-refractivity contribution in [2.75, 3.05) is 23.9 Å². The van der Waals surface area contributed by atoms with E-state index in [4.69, 9.17) is 9.47 Å². The molecular weight excluding hydrogens is 344 g/mol. The summed E-state index contributed by atoms with van der Waals surface area (Å²) in [6.07, 6.45) is 1.44. The van der Waals surface area contributed by atoms with Gasteiger partial charge in [0.05, 0.1) is 13.2 Å². The molecule has 2 aromatic carbocycles. The number of nitrogens with one attached hydrogen (secondary N) is 1. The average Bonchev–Trinajstić information content (AvgIpc) is 3.07. The van der Waals surface area contributed by atoms with Crippen molar-refractivity contribution in [1.29, 1.82) is 0 Å². The van der Waals surface area contributed by atoms with Gasteiger partial charge in [-0.05, 0) is 56.7 Å². The van der Waals surface area contributed by atoms with Crippen LogP contribution in [0.3, 0.4) is 0 Å². The molecule has 1 N–H and O–H groups in total. The van der Waals surface area contributed by atoms with E-state index in [-0.39, 0.29) is 17.9 Å². The van der Waals surface area contributed by atoms with Gasteiger partial charge in [0.15, 0.2) is 11.5 Å². The van der Waals surface area contributed by atoms with Crippen LogP contribution in [0.2, 0.25) is 0 Å². The number of ether oxygens (including phenoxy) is 2. The predicted octanol–water partition coefficient (Wildman–Crippen LogP) is 3.86. The van der Waals surface area contributed by atoms with Crippen molar-refractivity contribution < 1.29 is 19.1 Å². The number of carbonyl (C=O) groups excluding carboxylic acids is 2. The Labute approximate surface area is 159 Å². The SMILES string of the molecule is COc1cc(C(=O)Nc2cccc(N3CCCC3=O)c2)ccc1OC(C)C. The number of benzene rings is 2. The van der Waals surface area contributed by atoms with Gasteiger partial charge in [-0.25, -0.2) is 0 Å². The first kappa shape index (κ1) is 18.8. The molecule has 1 saturated heterocycles. The number of carbonyl (C=O) groups is 2. The molecule has 0 unspecified atom stereocenters. The van der Waals surface area contributed by atoms with Crippen molar-refractivity contribution in [3.8, 4) is 11.5 Å². The normalized spacial score (nSPS) is 13.8. The quantitative estimate of drug-likeness (QED) is 0.841. The topological polar surface area (TPSA) is 67.9 Å². The fourth-order valence-electron chi connectivity index (χ4n) is 3.04. The molecule has 1 fully saturated rings. The Hall–Kier alpha value is -3.02. The third kappa shape index (κ3) is 4.39. The summed E-state index contributed by atoms with van der Waals surface area (Å²) in [5.41, 5.74) is 1.90. The standard InChI is InChI=1S/C21H24N2O4/c1-14(2)27-18-10-9-15(12-19(18)26-3)21(25)22-16-6-4-7-17(13-16)23-11-5-8-20(23)24/h4,6-7,9-10,12-14H,5,8,11H2,1-3H3,(H,22,25). The summed E-state index contributed by atoms with van der Waals surface area (Å²) in [6, 6.07) is 12.4. The van der Waals surface area contributed by atoms with Crippen LogP contribution in [0.25, 0.3) is 0 Å². The van der Waals surface area contributed by atoms with E-state index in [1.807, 2.05) is 32.0 Å². The van der Waals surface area contributed by atoms with Gasteiger partial charge in [0, 0.05) is 29.9 Å². The van der Waals surface area contributed by atoms with E-state index in [0.29, 0.717) is 35.7 Å². The average molecular weight is 368 g/mol. The van der Waals surface area contributed by atoms with Crippen molar-refractivity contribution in [3.05, 3.63) is 48.0 Å². The lowest BCUT2D eigenvalue weighted by Gasteiger charge is -2.17. The van der Waals surface area contributed by atoms with Crippen LogP contribution in [0.15, 0.2) is 42.5 Å². The largest absolute Gasteiger partial charge is 0.493 e. The smallest absolute Gasteiger partial charge is 0.255 e. The van der Waals surface area contributed by atoms with Gasteiger partial charge in [-0.1, -0.05) is 6.07 Å². The zero-order valence-electron chi connectivity index (χ0n) is 15.8. The van der Waals surface area contributed by atoms with Crippen molar-refractivity contribution in [1.82, 2.24) is 0 Å². The highest BCUT2D eigenvalue weighted by molar-refractivity contribution is 6.05. The molecule has 1 heterocycles. The molecule has 0 aromatic heterocycles. The predicted molar refractivity (Wildman–Crippen MR) is 105 cm³/mol. The van der Waals surface area contributed by atoms with Crippen LogP contribution in [0.1, 0.15) is 37.0 Å². The summed E-state index contributed by atoms with van der Waals surface area (Å²) in [6.45, 7) is 4.57. The third-order valence-corrected chi connectivity index (χ3v) is 4.28. The zero-order valence-corrected chi connectivity index (χ0v) is 15.8. The maximum absolute atomic E-state index is 12.6. The van der Waals surface area contributed by atoms with Gasteiger partial charge in [0.1, 0.15) is 0 Å². The number of hydrogen-bond acceptors (Lipinski definition) is 4. The molecule has 27 heavy (non-hydrogen) atoms.